The first-order valence-electron chi connectivity index (χ1n) is 9.44. The minimum atomic E-state index is -0.679. The average Bonchev–Trinajstić information content (AvgIpc) is 2.62. The molecule has 6 nitrogen and oxygen atoms in total. The minimum Gasteiger partial charge on any atom is -0.481 e. The molecule has 1 heterocycles. The Morgan fingerprint density at radius 1 is 1.18 bits per heavy atom. The third-order valence-electron chi connectivity index (χ3n) is 4.64. The van der Waals surface area contributed by atoms with E-state index in [4.69, 9.17) is 9.47 Å². The van der Waals surface area contributed by atoms with Gasteiger partial charge in [-0.2, -0.15) is 0 Å². The quantitative estimate of drug-likeness (QED) is 0.811. The lowest BCUT2D eigenvalue weighted by molar-refractivity contribution is -0.123. The fraction of sp³-hybridized carbons (Fsp3) is 0.364. The van der Waals surface area contributed by atoms with Gasteiger partial charge in [0.15, 0.2) is 12.2 Å². The van der Waals surface area contributed by atoms with Gasteiger partial charge >= 0.3 is 0 Å². The second-order valence-corrected chi connectivity index (χ2v) is 7.41. The molecule has 6 heteroatoms. The average molecular weight is 382 g/mol. The Balaban J connectivity index is 1.71. The van der Waals surface area contributed by atoms with Crippen LogP contribution in [0.5, 0.6) is 11.5 Å². The largest absolute Gasteiger partial charge is 0.481 e. The Morgan fingerprint density at radius 2 is 1.93 bits per heavy atom. The highest BCUT2D eigenvalue weighted by atomic mass is 16.5. The smallest absolute Gasteiger partial charge is 0.265 e. The van der Waals surface area contributed by atoms with Crippen LogP contribution >= 0.6 is 0 Å². The fourth-order valence-corrected chi connectivity index (χ4v) is 2.99. The van der Waals surface area contributed by atoms with Crippen LogP contribution in [0.1, 0.15) is 44.7 Å². The van der Waals surface area contributed by atoms with E-state index in [1.54, 1.807) is 32.0 Å². The maximum atomic E-state index is 12.6. The lowest BCUT2D eigenvalue weighted by Gasteiger charge is -2.24. The van der Waals surface area contributed by atoms with Crippen LogP contribution in [0.15, 0.2) is 36.4 Å². The molecule has 1 aliphatic rings. The van der Waals surface area contributed by atoms with Gasteiger partial charge in [0.2, 0.25) is 0 Å². The molecule has 0 aliphatic carbocycles. The third kappa shape index (κ3) is 4.27. The van der Waals surface area contributed by atoms with Crippen molar-refractivity contribution in [2.24, 2.45) is 0 Å². The Morgan fingerprint density at radius 3 is 2.64 bits per heavy atom. The van der Waals surface area contributed by atoms with E-state index in [-0.39, 0.29) is 17.7 Å². The van der Waals surface area contributed by atoms with E-state index in [0.717, 1.165) is 16.9 Å². The number of ether oxygens (including phenoxy) is 2. The molecule has 3 rings (SSSR count). The van der Waals surface area contributed by atoms with Gasteiger partial charge in [-0.3, -0.25) is 9.59 Å². The Hall–Kier alpha value is -3.02. The summed E-state index contributed by atoms with van der Waals surface area (Å²) < 4.78 is 11.5. The highest BCUT2D eigenvalue weighted by Gasteiger charge is 2.24. The summed E-state index contributed by atoms with van der Waals surface area (Å²) in [6, 6.07) is 11.2. The van der Waals surface area contributed by atoms with Crippen LogP contribution in [-0.2, 0) is 9.59 Å². The van der Waals surface area contributed by atoms with Crippen molar-refractivity contribution in [3.05, 3.63) is 47.5 Å². The van der Waals surface area contributed by atoms with E-state index in [2.05, 4.69) is 24.5 Å². The van der Waals surface area contributed by atoms with Gasteiger partial charge in [0.1, 0.15) is 11.5 Å². The SMILES string of the molecule is Cc1ccc(C(C)C)c(OC(C)C(=O)Nc2ccc3c(c2)NC(=O)C(C)O3)c1. The standard InChI is InChI=1S/C22H26N2O4/c1-12(2)17-8-6-13(3)10-20(17)28-14(4)21(25)23-16-7-9-19-18(11-16)24-22(26)15(5)27-19/h6-12,14-15H,1-5H3,(H,23,25)(H,24,26). The summed E-state index contributed by atoms with van der Waals surface area (Å²) in [7, 11) is 0. The number of fused-ring (bicyclic) bond motifs is 1. The molecule has 2 N–H and O–H groups in total. The number of carbonyl (C=O) groups is 2. The molecular formula is C22H26N2O4. The van der Waals surface area contributed by atoms with Crippen LogP contribution in [0, 0.1) is 6.92 Å². The van der Waals surface area contributed by atoms with E-state index >= 15 is 0 Å². The topological polar surface area (TPSA) is 76.7 Å². The first-order chi connectivity index (χ1) is 13.2. The molecule has 0 radical (unpaired) electrons. The number of hydrogen-bond donors (Lipinski definition) is 2. The van der Waals surface area contributed by atoms with Crippen LogP contribution in [0.4, 0.5) is 11.4 Å². The monoisotopic (exact) mass is 382 g/mol. The van der Waals surface area contributed by atoms with E-state index in [0.29, 0.717) is 17.1 Å². The highest BCUT2D eigenvalue weighted by molar-refractivity contribution is 5.99. The van der Waals surface area contributed by atoms with E-state index in [1.807, 2.05) is 25.1 Å². The zero-order valence-corrected chi connectivity index (χ0v) is 16.8. The van der Waals surface area contributed by atoms with Gasteiger partial charge in [0, 0.05) is 5.69 Å². The number of rotatable bonds is 5. The Kier molecular flexibility index (Phi) is 5.58. The molecule has 2 aromatic rings. The minimum absolute atomic E-state index is 0.214. The first kappa shape index (κ1) is 19.7. The van der Waals surface area contributed by atoms with Crippen LogP contribution in [0.3, 0.4) is 0 Å². The maximum Gasteiger partial charge on any atom is 0.265 e. The van der Waals surface area contributed by atoms with Crippen molar-refractivity contribution in [2.45, 2.75) is 52.7 Å². The second-order valence-electron chi connectivity index (χ2n) is 7.41. The Bertz CT molecular complexity index is 907. The van der Waals surface area contributed by atoms with Crippen molar-refractivity contribution in [1.29, 1.82) is 0 Å². The summed E-state index contributed by atoms with van der Waals surface area (Å²) in [5, 5.41) is 5.60. The second kappa shape index (κ2) is 7.92. The van der Waals surface area contributed by atoms with Crippen LogP contribution in [-0.4, -0.2) is 24.0 Å². The van der Waals surface area contributed by atoms with Crippen molar-refractivity contribution in [1.82, 2.24) is 0 Å². The molecule has 1 aliphatic heterocycles. The lowest BCUT2D eigenvalue weighted by Crippen LogP contribution is -2.34. The number of anilines is 2. The molecule has 2 atom stereocenters. The molecule has 0 saturated heterocycles. The van der Waals surface area contributed by atoms with Crippen molar-refractivity contribution >= 4 is 23.2 Å². The fourth-order valence-electron chi connectivity index (χ4n) is 2.99. The van der Waals surface area contributed by atoms with Gasteiger partial charge in [-0.1, -0.05) is 26.0 Å². The van der Waals surface area contributed by atoms with Crippen molar-refractivity contribution in [2.75, 3.05) is 10.6 Å². The number of nitrogens with one attached hydrogen (secondary N) is 2. The molecule has 2 aromatic carbocycles. The predicted octanol–water partition coefficient (Wildman–Crippen LogP) is 4.24. The summed E-state index contributed by atoms with van der Waals surface area (Å²) in [5.74, 6) is 1.10. The highest BCUT2D eigenvalue weighted by Crippen LogP contribution is 2.32. The van der Waals surface area contributed by atoms with Crippen molar-refractivity contribution in [3.8, 4) is 11.5 Å². The molecule has 0 bridgehead atoms. The summed E-state index contributed by atoms with van der Waals surface area (Å²) in [6.45, 7) is 9.57. The first-order valence-corrected chi connectivity index (χ1v) is 9.44. The summed E-state index contributed by atoms with van der Waals surface area (Å²) in [4.78, 5) is 24.4. The molecule has 0 aromatic heterocycles. The number of aryl methyl sites for hydroxylation is 1. The summed E-state index contributed by atoms with van der Waals surface area (Å²) >= 11 is 0. The molecule has 0 spiro atoms. The van der Waals surface area contributed by atoms with E-state index in [1.165, 1.54) is 0 Å². The third-order valence-corrected chi connectivity index (χ3v) is 4.64. The maximum absolute atomic E-state index is 12.6. The van der Waals surface area contributed by atoms with Gasteiger partial charge in [0.25, 0.3) is 11.8 Å². The van der Waals surface area contributed by atoms with Gasteiger partial charge in [-0.15, -0.1) is 0 Å². The van der Waals surface area contributed by atoms with Gasteiger partial charge < -0.3 is 20.1 Å². The van der Waals surface area contributed by atoms with Crippen LogP contribution in [0.25, 0.3) is 0 Å². The molecule has 0 saturated carbocycles. The molecule has 2 amide bonds. The lowest BCUT2D eigenvalue weighted by atomic mass is 10.0. The van der Waals surface area contributed by atoms with Gasteiger partial charge in [0.05, 0.1) is 5.69 Å². The molecule has 0 fully saturated rings. The Labute approximate surface area is 165 Å². The normalized spacial score (nSPS) is 16.6. The summed E-state index contributed by atoms with van der Waals surface area (Å²) in [6.07, 6.45) is -1.22. The zero-order valence-electron chi connectivity index (χ0n) is 16.8. The van der Waals surface area contributed by atoms with E-state index < -0.39 is 12.2 Å². The molecule has 148 valence electrons. The van der Waals surface area contributed by atoms with Crippen LogP contribution in [0.2, 0.25) is 0 Å². The molecule has 2 unspecified atom stereocenters. The number of hydrogen-bond acceptors (Lipinski definition) is 4. The molecular weight excluding hydrogens is 356 g/mol. The van der Waals surface area contributed by atoms with Crippen molar-refractivity contribution < 1.29 is 19.1 Å². The predicted molar refractivity (Wildman–Crippen MR) is 109 cm³/mol. The number of carbonyl (C=O) groups excluding carboxylic acids is 2. The number of benzene rings is 2. The van der Waals surface area contributed by atoms with Crippen LogP contribution < -0.4 is 20.1 Å². The van der Waals surface area contributed by atoms with Crippen molar-refractivity contribution in [3.63, 3.8) is 0 Å². The van der Waals surface area contributed by atoms with E-state index in [9.17, 15) is 9.59 Å². The zero-order chi connectivity index (χ0) is 20.4. The van der Waals surface area contributed by atoms with Gasteiger partial charge in [-0.25, -0.2) is 0 Å². The number of amides is 2. The van der Waals surface area contributed by atoms with Gasteiger partial charge in [-0.05, 0) is 62.1 Å². The summed E-state index contributed by atoms with van der Waals surface area (Å²) in [5.41, 5.74) is 3.24. The molecule has 28 heavy (non-hydrogen) atoms.